The van der Waals surface area contributed by atoms with Crippen LogP contribution in [0.2, 0.25) is 0 Å². The van der Waals surface area contributed by atoms with E-state index >= 15 is 0 Å². The molecule has 4 nitrogen and oxygen atoms in total. The van der Waals surface area contributed by atoms with Crippen molar-refractivity contribution < 1.29 is 14.3 Å². The molecule has 108 valence electrons. The summed E-state index contributed by atoms with van der Waals surface area (Å²) in [6.07, 6.45) is 2.01. The fourth-order valence-electron chi connectivity index (χ4n) is 2.00. The number of carboxylic acid groups (broad SMARTS) is 1. The Labute approximate surface area is 121 Å². The first-order valence-electron chi connectivity index (χ1n) is 6.54. The molecule has 0 aliphatic rings. The fraction of sp³-hybridized carbons (Fsp3) is 0.429. The number of imidazole rings is 1. The third-order valence-corrected chi connectivity index (χ3v) is 4.01. The first kappa shape index (κ1) is 14.8. The third-order valence-electron chi connectivity index (χ3n) is 3.05. The minimum absolute atomic E-state index is 0.0447. The number of hydrogen-bond acceptors (Lipinski definition) is 3. The van der Waals surface area contributed by atoms with E-state index in [4.69, 9.17) is 5.11 Å². The average Bonchev–Trinajstić information content (AvgIpc) is 2.72. The van der Waals surface area contributed by atoms with Gasteiger partial charge in [-0.05, 0) is 25.0 Å². The number of aryl methyl sites for hydroxylation is 2. The van der Waals surface area contributed by atoms with Gasteiger partial charge in [0.15, 0.2) is 5.16 Å². The predicted molar refractivity (Wildman–Crippen MR) is 77.7 cm³/mol. The van der Waals surface area contributed by atoms with Crippen LogP contribution in [0.15, 0.2) is 17.3 Å². The number of hydrogen-bond donors (Lipinski definition) is 1. The van der Waals surface area contributed by atoms with E-state index in [1.807, 2.05) is 4.57 Å². The Morgan fingerprint density at radius 2 is 2.25 bits per heavy atom. The summed E-state index contributed by atoms with van der Waals surface area (Å²) in [4.78, 5) is 15.1. The quantitative estimate of drug-likeness (QED) is 0.829. The summed E-state index contributed by atoms with van der Waals surface area (Å²) in [5.41, 5.74) is 2.02. The van der Waals surface area contributed by atoms with Crippen molar-refractivity contribution in [3.05, 3.63) is 23.5 Å². The van der Waals surface area contributed by atoms with Crippen molar-refractivity contribution in [2.45, 2.75) is 38.4 Å². The number of unbranched alkanes of at least 4 members (excludes halogenated alkanes) is 1. The van der Waals surface area contributed by atoms with Crippen LogP contribution in [-0.2, 0) is 11.3 Å². The maximum absolute atomic E-state index is 13.6. The smallest absolute Gasteiger partial charge is 0.313 e. The van der Waals surface area contributed by atoms with Gasteiger partial charge in [0.2, 0.25) is 0 Å². The SMILES string of the molecule is CCCCn1c(SCC(=O)O)nc2cc(F)c(C)cc21. The van der Waals surface area contributed by atoms with Gasteiger partial charge in [0.05, 0.1) is 16.8 Å². The monoisotopic (exact) mass is 296 g/mol. The van der Waals surface area contributed by atoms with Gasteiger partial charge in [-0.25, -0.2) is 9.37 Å². The molecule has 0 amide bonds. The highest BCUT2D eigenvalue weighted by Gasteiger charge is 2.14. The largest absolute Gasteiger partial charge is 0.481 e. The molecule has 1 heterocycles. The van der Waals surface area contributed by atoms with Crippen molar-refractivity contribution in [3.63, 3.8) is 0 Å². The second-order valence-electron chi connectivity index (χ2n) is 4.67. The van der Waals surface area contributed by atoms with Crippen LogP contribution in [0.5, 0.6) is 0 Å². The van der Waals surface area contributed by atoms with Crippen LogP contribution in [0.4, 0.5) is 4.39 Å². The third kappa shape index (κ3) is 3.12. The zero-order valence-corrected chi connectivity index (χ0v) is 12.3. The van der Waals surface area contributed by atoms with E-state index < -0.39 is 5.97 Å². The highest BCUT2D eigenvalue weighted by Crippen LogP contribution is 2.26. The van der Waals surface area contributed by atoms with Gasteiger partial charge in [-0.2, -0.15) is 0 Å². The highest BCUT2D eigenvalue weighted by atomic mass is 32.2. The standard InChI is InChI=1S/C14H17FN2O2S/c1-3-4-5-17-12-6-9(2)10(15)7-11(12)16-14(17)20-8-13(18)19/h6-7H,3-5,8H2,1-2H3,(H,18,19). The van der Waals surface area contributed by atoms with Gasteiger partial charge in [-0.3, -0.25) is 4.79 Å². The lowest BCUT2D eigenvalue weighted by atomic mass is 10.2. The number of carboxylic acids is 1. The number of nitrogens with zero attached hydrogens (tertiary/aromatic N) is 2. The molecule has 1 aromatic carbocycles. The number of thioether (sulfide) groups is 1. The van der Waals surface area contributed by atoms with Crippen molar-refractivity contribution in [3.8, 4) is 0 Å². The molecule has 2 rings (SSSR count). The summed E-state index contributed by atoms with van der Waals surface area (Å²) in [5, 5.41) is 9.43. The Morgan fingerprint density at radius 3 is 2.90 bits per heavy atom. The lowest BCUT2D eigenvalue weighted by Gasteiger charge is -2.07. The lowest BCUT2D eigenvalue weighted by molar-refractivity contribution is -0.133. The van der Waals surface area contributed by atoms with E-state index in [0.29, 0.717) is 16.2 Å². The van der Waals surface area contributed by atoms with Gasteiger partial charge in [0.1, 0.15) is 5.82 Å². The van der Waals surface area contributed by atoms with Crippen LogP contribution in [0.1, 0.15) is 25.3 Å². The molecule has 0 saturated carbocycles. The number of benzene rings is 1. The number of aromatic nitrogens is 2. The molecule has 20 heavy (non-hydrogen) atoms. The lowest BCUT2D eigenvalue weighted by Crippen LogP contribution is -2.03. The second-order valence-corrected chi connectivity index (χ2v) is 5.61. The maximum atomic E-state index is 13.6. The molecule has 0 radical (unpaired) electrons. The zero-order chi connectivity index (χ0) is 14.7. The van der Waals surface area contributed by atoms with E-state index in [1.54, 1.807) is 13.0 Å². The average molecular weight is 296 g/mol. The maximum Gasteiger partial charge on any atom is 0.313 e. The summed E-state index contributed by atoms with van der Waals surface area (Å²) in [7, 11) is 0. The number of fused-ring (bicyclic) bond motifs is 1. The van der Waals surface area contributed by atoms with Crippen molar-refractivity contribution in [2.24, 2.45) is 0 Å². The van der Waals surface area contributed by atoms with Crippen LogP contribution in [0.25, 0.3) is 11.0 Å². The minimum Gasteiger partial charge on any atom is -0.481 e. The van der Waals surface area contributed by atoms with E-state index in [2.05, 4.69) is 11.9 Å². The van der Waals surface area contributed by atoms with E-state index in [0.717, 1.165) is 24.9 Å². The summed E-state index contributed by atoms with van der Waals surface area (Å²) >= 11 is 1.17. The highest BCUT2D eigenvalue weighted by molar-refractivity contribution is 7.99. The molecule has 2 aromatic rings. The Bertz CT molecular complexity index is 640. The fourth-order valence-corrected chi connectivity index (χ4v) is 2.76. The van der Waals surface area contributed by atoms with Crippen molar-refractivity contribution in [1.29, 1.82) is 0 Å². The van der Waals surface area contributed by atoms with Gasteiger partial charge in [-0.15, -0.1) is 0 Å². The molecule has 6 heteroatoms. The van der Waals surface area contributed by atoms with Crippen molar-refractivity contribution in [1.82, 2.24) is 9.55 Å². The summed E-state index contributed by atoms with van der Waals surface area (Å²) < 4.78 is 15.6. The molecule has 0 aliphatic carbocycles. The van der Waals surface area contributed by atoms with Gasteiger partial charge in [-0.1, -0.05) is 25.1 Å². The first-order valence-corrected chi connectivity index (χ1v) is 7.52. The van der Waals surface area contributed by atoms with E-state index in [9.17, 15) is 9.18 Å². The van der Waals surface area contributed by atoms with Crippen molar-refractivity contribution in [2.75, 3.05) is 5.75 Å². The molecule has 0 unspecified atom stereocenters. The Morgan fingerprint density at radius 1 is 1.50 bits per heavy atom. The molecule has 1 aromatic heterocycles. The van der Waals surface area contributed by atoms with Crippen molar-refractivity contribution >= 4 is 28.8 Å². The topological polar surface area (TPSA) is 55.1 Å². The Balaban J connectivity index is 2.45. The summed E-state index contributed by atoms with van der Waals surface area (Å²) in [6.45, 7) is 4.57. The summed E-state index contributed by atoms with van der Waals surface area (Å²) in [5.74, 6) is -1.21. The summed E-state index contributed by atoms with van der Waals surface area (Å²) in [6, 6.07) is 3.19. The van der Waals surface area contributed by atoms with Gasteiger partial charge in [0.25, 0.3) is 0 Å². The van der Waals surface area contributed by atoms with Gasteiger partial charge >= 0.3 is 5.97 Å². The van der Waals surface area contributed by atoms with Gasteiger partial charge < -0.3 is 9.67 Å². The predicted octanol–water partition coefficient (Wildman–Crippen LogP) is 3.46. The van der Waals surface area contributed by atoms with Crippen LogP contribution >= 0.6 is 11.8 Å². The molecular formula is C14H17FN2O2S. The number of carbonyl (C=O) groups is 1. The van der Waals surface area contributed by atoms with E-state index in [-0.39, 0.29) is 11.6 Å². The Hall–Kier alpha value is -1.56. The molecule has 0 spiro atoms. The molecule has 0 bridgehead atoms. The molecule has 1 N–H and O–H groups in total. The molecule has 0 fully saturated rings. The van der Waals surface area contributed by atoms with Crippen LogP contribution in [-0.4, -0.2) is 26.4 Å². The number of halogens is 1. The minimum atomic E-state index is -0.883. The van der Waals surface area contributed by atoms with E-state index in [1.165, 1.54) is 17.8 Å². The number of rotatable bonds is 6. The van der Waals surface area contributed by atoms with Gasteiger partial charge in [0, 0.05) is 12.6 Å². The molecule has 0 aliphatic heterocycles. The van der Waals surface area contributed by atoms with Crippen LogP contribution < -0.4 is 0 Å². The molecular weight excluding hydrogens is 279 g/mol. The normalized spacial score (nSPS) is 11.2. The first-order chi connectivity index (χ1) is 9.52. The zero-order valence-electron chi connectivity index (χ0n) is 11.5. The number of aliphatic carboxylic acids is 1. The molecule has 0 atom stereocenters. The van der Waals surface area contributed by atoms with Crippen LogP contribution in [0, 0.1) is 12.7 Å². The van der Waals surface area contributed by atoms with Crippen LogP contribution in [0.3, 0.4) is 0 Å². The second kappa shape index (κ2) is 6.26. The molecule has 0 saturated heterocycles. The Kier molecular flexibility index (Phi) is 4.65.